The minimum Gasteiger partial charge on any atom is -0.361 e. The van der Waals surface area contributed by atoms with Gasteiger partial charge in [-0.05, 0) is 56.8 Å². The number of nitrogens with zero attached hydrogens (tertiary/aromatic N) is 3. The Morgan fingerprint density at radius 1 is 1.24 bits per heavy atom. The standard InChI is InChI=1S/C23H30N4O2/c1-14(2)27-21(28)7-8-26(23(27)29)13-15-9-18-17-5-4-6-19-22(17)16(11-24-19)10-20(18)25(3)12-15/h4-6,11,14-15,18,20,24H,7-10,12-13H2,1-3H3/t15-,18-,20-/m1/s1. The lowest BCUT2D eigenvalue weighted by atomic mass is 9.72. The zero-order chi connectivity index (χ0) is 20.3. The second kappa shape index (κ2) is 6.87. The van der Waals surface area contributed by atoms with Crippen molar-refractivity contribution in [3.05, 3.63) is 35.5 Å². The van der Waals surface area contributed by atoms with Crippen LogP contribution in [0.4, 0.5) is 4.79 Å². The number of fused-ring (bicyclic) bond motifs is 2. The lowest BCUT2D eigenvalue weighted by Crippen LogP contribution is -2.57. The van der Waals surface area contributed by atoms with E-state index in [1.165, 1.54) is 26.9 Å². The van der Waals surface area contributed by atoms with Crippen molar-refractivity contribution >= 4 is 22.8 Å². The van der Waals surface area contributed by atoms with Crippen molar-refractivity contribution in [2.45, 2.75) is 51.1 Å². The van der Waals surface area contributed by atoms with Crippen molar-refractivity contribution < 1.29 is 9.59 Å². The number of nitrogens with one attached hydrogen (secondary N) is 1. The van der Waals surface area contributed by atoms with Gasteiger partial charge in [-0.15, -0.1) is 0 Å². The molecule has 6 nitrogen and oxygen atoms in total. The van der Waals surface area contributed by atoms with Crippen LogP contribution < -0.4 is 0 Å². The molecule has 154 valence electrons. The number of hydrogen-bond donors (Lipinski definition) is 1. The van der Waals surface area contributed by atoms with Gasteiger partial charge >= 0.3 is 6.03 Å². The van der Waals surface area contributed by atoms with E-state index in [1.54, 1.807) is 0 Å². The van der Waals surface area contributed by atoms with Crippen LogP contribution in [0, 0.1) is 5.92 Å². The first-order valence-corrected chi connectivity index (χ1v) is 10.8. The third kappa shape index (κ3) is 2.96. The highest BCUT2D eigenvalue weighted by molar-refractivity contribution is 5.97. The molecular formula is C23H30N4O2. The van der Waals surface area contributed by atoms with Crippen molar-refractivity contribution in [3.63, 3.8) is 0 Å². The van der Waals surface area contributed by atoms with Gasteiger partial charge in [0.15, 0.2) is 0 Å². The smallest absolute Gasteiger partial charge is 0.326 e. The Balaban J connectivity index is 1.38. The Kier molecular flexibility index (Phi) is 4.42. The molecule has 6 heteroatoms. The van der Waals surface area contributed by atoms with Crippen LogP contribution in [0.2, 0.25) is 0 Å². The monoisotopic (exact) mass is 394 g/mol. The van der Waals surface area contributed by atoms with Gasteiger partial charge in [0.25, 0.3) is 0 Å². The summed E-state index contributed by atoms with van der Waals surface area (Å²) >= 11 is 0. The van der Waals surface area contributed by atoms with Crippen molar-refractivity contribution in [2.24, 2.45) is 5.92 Å². The molecule has 3 aliphatic rings. The van der Waals surface area contributed by atoms with Crippen LogP contribution in [0.1, 0.15) is 43.7 Å². The molecule has 0 spiro atoms. The molecule has 29 heavy (non-hydrogen) atoms. The van der Waals surface area contributed by atoms with Gasteiger partial charge in [0, 0.05) is 61.2 Å². The third-order valence-electron chi connectivity index (χ3n) is 7.15. The zero-order valence-electron chi connectivity index (χ0n) is 17.5. The lowest BCUT2D eigenvalue weighted by molar-refractivity contribution is -0.132. The summed E-state index contributed by atoms with van der Waals surface area (Å²) in [6.07, 6.45) is 4.79. The van der Waals surface area contributed by atoms with Gasteiger partial charge in [-0.2, -0.15) is 0 Å². The van der Waals surface area contributed by atoms with Gasteiger partial charge in [-0.3, -0.25) is 9.69 Å². The number of aromatic amines is 1. The third-order valence-corrected chi connectivity index (χ3v) is 7.15. The zero-order valence-corrected chi connectivity index (χ0v) is 17.5. The number of aromatic nitrogens is 1. The van der Waals surface area contributed by atoms with Crippen molar-refractivity contribution in [3.8, 4) is 0 Å². The van der Waals surface area contributed by atoms with Gasteiger partial charge in [0.05, 0.1) is 0 Å². The number of H-pyrrole nitrogens is 1. The Hall–Kier alpha value is -2.34. The van der Waals surface area contributed by atoms with Crippen molar-refractivity contribution in [2.75, 3.05) is 26.7 Å². The molecule has 2 aromatic rings. The topological polar surface area (TPSA) is 59.7 Å². The fourth-order valence-corrected chi connectivity index (χ4v) is 5.88. The van der Waals surface area contributed by atoms with Crippen LogP contribution in [-0.4, -0.2) is 70.4 Å². The van der Waals surface area contributed by atoms with E-state index in [0.29, 0.717) is 30.8 Å². The summed E-state index contributed by atoms with van der Waals surface area (Å²) in [4.78, 5) is 34.4. The molecule has 2 aliphatic heterocycles. The summed E-state index contributed by atoms with van der Waals surface area (Å²) < 4.78 is 0. The summed E-state index contributed by atoms with van der Waals surface area (Å²) in [5.74, 6) is 0.873. The Bertz CT molecular complexity index is 965. The number of piperidine rings is 1. The molecule has 0 radical (unpaired) electrons. The number of benzene rings is 1. The first-order chi connectivity index (χ1) is 13.9. The number of likely N-dealkylation sites (N-methyl/N-ethyl adjacent to an activating group) is 1. The number of carbonyl (C=O) groups excluding carboxylic acids is 2. The number of amides is 3. The Morgan fingerprint density at radius 3 is 2.86 bits per heavy atom. The molecule has 1 N–H and O–H groups in total. The summed E-state index contributed by atoms with van der Waals surface area (Å²) in [6.45, 7) is 6.10. The fourth-order valence-electron chi connectivity index (χ4n) is 5.88. The van der Waals surface area contributed by atoms with Gasteiger partial charge in [0.1, 0.15) is 0 Å². The fraction of sp³-hybridized carbons (Fsp3) is 0.565. The summed E-state index contributed by atoms with van der Waals surface area (Å²) in [5, 5.41) is 1.41. The second-order valence-electron chi connectivity index (χ2n) is 9.34. The van der Waals surface area contributed by atoms with Crippen LogP contribution >= 0.6 is 0 Å². The van der Waals surface area contributed by atoms with E-state index in [4.69, 9.17) is 0 Å². The minimum absolute atomic E-state index is 0.0407. The lowest BCUT2D eigenvalue weighted by Gasteiger charge is -2.47. The maximum absolute atomic E-state index is 12.9. The summed E-state index contributed by atoms with van der Waals surface area (Å²) in [7, 11) is 2.23. The van der Waals surface area contributed by atoms with Crippen LogP contribution in [0.15, 0.2) is 24.4 Å². The van der Waals surface area contributed by atoms with Crippen LogP contribution in [0.3, 0.4) is 0 Å². The summed E-state index contributed by atoms with van der Waals surface area (Å²) in [6, 6.07) is 6.93. The SMILES string of the molecule is CC(C)N1C(=O)CCN(C[C@@H]2C[C@@H]3c4cccc5[nH]cc(c45)C[C@H]3N(C)C2)C1=O. The highest BCUT2D eigenvalue weighted by atomic mass is 16.2. The molecule has 1 aromatic heterocycles. The van der Waals surface area contributed by atoms with Crippen molar-refractivity contribution in [1.82, 2.24) is 19.7 Å². The van der Waals surface area contributed by atoms with E-state index in [1.807, 2.05) is 18.7 Å². The molecule has 0 bridgehead atoms. The molecule has 1 aromatic carbocycles. The normalized spacial score (nSPS) is 27.8. The van der Waals surface area contributed by atoms with Crippen molar-refractivity contribution in [1.29, 1.82) is 0 Å². The molecule has 2 fully saturated rings. The molecule has 0 saturated carbocycles. The number of likely N-dealkylation sites (tertiary alicyclic amines) is 1. The summed E-state index contributed by atoms with van der Waals surface area (Å²) in [5.41, 5.74) is 4.12. The number of hydrogen-bond acceptors (Lipinski definition) is 3. The number of carbonyl (C=O) groups is 2. The first-order valence-electron chi connectivity index (χ1n) is 10.8. The molecule has 0 unspecified atom stereocenters. The second-order valence-corrected chi connectivity index (χ2v) is 9.34. The highest BCUT2D eigenvalue weighted by Gasteiger charge is 2.41. The van der Waals surface area contributed by atoms with E-state index in [0.717, 1.165) is 25.9 Å². The van der Waals surface area contributed by atoms with E-state index in [2.05, 4.69) is 41.3 Å². The van der Waals surface area contributed by atoms with E-state index >= 15 is 0 Å². The first kappa shape index (κ1) is 18.7. The maximum Gasteiger partial charge on any atom is 0.326 e. The molecule has 3 amide bonds. The Labute approximate surface area is 171 Å². The molecule has 3 atom stereocenters. The van der Waals surface area contributed by atoms with Gasteiger partial charge in [0.2, 0.25) is 5.91 Å². The van der Waals surface area contributed by atoms with Crippen LogP contribution in [0.25, 0.3) is 10.9 Å². The molecule has 5 rings (SSSR count). The number of urea groups is 1. The number of imide groups is 1. The maximum atomic E-state index is 12.9. The largest absolute Gasteiger partial charge is 0.361 e. The van der Waals surface area contributed by atoms with Gasteiger partial charge < -0.3 is 14.8 Å². The average molecular weight is 395 g/mol. The van der Waals surface area contributed by atoms with Gasteiger partial charge in [-0.1, -0.05) is 12.1 Å². The van der Waals surface area contributed by atoms with Crippen LogP contribution in [-0.2, 0) is 11.2 Å². The highest BCUT2D eigenvalue weighted by Crippen LogP contribution is 2.44. The van der Waals surface area contributed by atoms with Crippen LogP contribution in [0.5, 0.6) is 0 Å². The van der Waals surface area contributed by atoms with Gasteiger partial charge in [-0.25, -0.2) is 4.79 Å². The number of rotatable bonds is 3. The average Bonchev–Trinajstić information content (AvgIpc) is 3.09. The van der Waals surface area contributed by atoms with E-state index in [-0.39, 0.29) is 18.0 Å². The van der Waals surface area contributed by atoms with E-state index in [9.17, 15) is 9.59 Å². The quantitative estimate of drug-likeness (QED) is 0.870. The molecule has 2 saturated heterocycles. The minimum atomic E-state index is -0.111. The molecule has 3 heterocycles. The predicted molar refractivity (Wildman–Crippen MR) is 113 cm³/mol. The Morgan fingerprint density at radius 2 is 2.07 bits per heavy atom. The van der Waals surface area contributed by atoms with E-state index < -0.39 is 0 Å². The molecule has 1 aliphatic carbocycles. The molecular weight excluding hydrogens is 364 g/mol. The predicted octanol–water partition coefficient (Wildman–Crippen LogP) is 3.19.